The first-order valence-electron chi connectivity index (χ1n) is 25.6. The Balaban J connectivity index is 2.35. The molecule has 0 spiro atoms. The first-order valence-corrected chi connectivity index (χ1v) is 27.0. The van der Waals surface area contributed by atoms with Crippen LogP contribution in [0, 0.1) is 0 Å². The molecule has 6 unspecified atom stereocenters. The summed E-state index contributed by atoms with van der Waals surface area (Å²) < 4.78 is 59.2. The molecule has 6 atom stereocenters. The van der Waals surface area contributed by atoms with Crippen LogP contribution in [0.5, 0.6) is 0 Å². The summed E-state index contributed by atoms with van der Waals surface area (Å²) in [6.45, 7) is 4.01. The Morgan fingerprint density at radius 2 is 1.05 bits per heavy atom. The van der Waals surface area contributed by atoms with E-state index in [9.17, 15) is 33.1 Å². The zero-order valence-electron chi connectivity index (χ0n) is 39.9. The van der Waals surface area contributed by atoms with Crippen molar-refractivity contribution in [2.24, 2.45) is 0 Å². The molecule has 0 radical (unpaired) electrons. The van der Waals surface area contributed by atoms with Gasteiger partial charge in [-0.05, 0) is 44.9 Å². The molecule has 1 heterocycles. The van der Waals surface area contributed by atoms with Gasteiger partial charge in [-0.3, -0.25) is 9.35 Å². The van der Waals surface area contributed by atoms with Crippen molar-refractivity contribution in [1.82, 2.24) is 0 Å². The summed E-state index contributed by atoms with van der Waals surface area (Å²) in [5.74, 6) is -0.400. The molecule has 0 aromatic heterocycles. The van der Waals surface area contributed by atoms with E-state index in [0.29, 0.717) is 13.0 Å². The maximum absolute atomic E-state index is 12.9. The zero-order valence-corrected chi connectivity index (χ0v) is 40.7. The highest BCUT2D eigenvalue weighted by atomic mass is 32.3. The Hall–Kier alpha value is -1.42. The van der Waals surface area contributed by atoms with E-state index in [1.165, 1.54) is 148 Å². The summed E-state index contributed by atoms with van der Waals surface area (Å²) in [5.41, 5.74) is 0. The third-order valence-electron chi connectivity index (χ3n) is 11.8. The quantitative estimate of drug-likeness (QED) is 0.0197. The summed E-state index contributed by atoms with van der Waals surface area (Å²) in [6, 6.07) is 0. The molecule has 0 aromatic rings. The van der Waals surface area contributed by atoms with Gasteiger partial charge in [0.15, 0.2) is 6.29 Å². The fraction of sp³-hybridized carbons (Fsp3) is 0.900. The van der Waals surface area contributed by atoms with E-state index >= 15 is 0 Å². The number of aliphatic hydroxyl groups excluding tert-OH is 3. The Morgan fingerprint density at radius 3 is 1.51 bits per heavy atom. The topological polar surface area (TPSA) is 178 Å². The van der Waals surface area contributed by atoms with Gasteiger partial charge in [-0.1, -0.05) is 199 Å². The summed E-state index contributed by atoms with van der Waals surface area (Å²) in [7, 11) is -5.06. The van der Waals surface area contributed by atoms with E-state index in [-0.39, 0.29) is 19.6 Å². The smallest absolute Gasteiger partial charge is 0.397 e. The molecule has 0 bridgehead atoms. The number of unbranched alkanes of at least 4 members (excludes halogenated alkanes) is 28. The highest BCUT2D eigenvalue weighted by molar-refractivity contribution is 7.80. The highest BCUT2D eigenvalue weighted by Gasteiger charge is 2.48. The van der Waals surface area contributed by atoms with Crippen molar-refractivity contribution in [1.29, 1.82) is 0 Å². The molecule has 0 aromatic carbocycles. The third-order valence-corrected chi connectivity index (χ3v) is 12.3. The van der Waals surface area contributed by atoms with Gasteiger partial charge in [0, 0.05) is 13.0 Å². The zero-order chi connectivity index (χ0) is 46.1. The average molecular weight is 919 g/mol. The Morgan fingerprint density at radius 1 is 0.603 bits per heavy atom. The van der Waals surface area contributed by atoms with Crippen molar-refractivity contribution >= 4 is 16.4 Å². The van der Waals surface area contributed by atoms with Crippen molar-refractivity contribution in [3.8, 4) is 0 Å². The van der Waals surface area contributed by atoms with Gasteiger partial charge in [-0.15, -0.1) is 0 Å². The monoisotopic (exact) mass is 919 g/mol. The van der Waals surface area contributed by atoms with E-state index in [1.807, 2.05) is 0 Å². The second kappa shape index (κ2) is 42.0. The Kier molecular flexibility index (Phi) is 39.7. The van der Waals surface area contributed by atoms with E-state index in [2.05, 4.69) is 42.3 Å². The van der Waals surface area contributed by atoms with Gasteiger partial charge in [0.25, 0.3) is 0 Å². The van der Waals surface area contributed by atoms with Crippen LogP contribution in [-0.2, 0) is 38.3 Å². The number of rotatable bonds is 45. The van der Waals surface area contributed by atoms with Crippen LogP contribution in [0.2, 0.25) is 0 Å². The van der Waals surface area contributed by atoms with Crippen molar-refractivity contribution in [3.05, 3.63) is 24.3 Å². The maximum Gasteiger partial charge on any atom is 0.397 e. The SMILES string of the molecule is CCCCCCC/C=C\C/C=C\CCCCCCCCCCCC(=O)OC(COCCCCCCCCCCCCCCCCC)COC1OC(CO)C(O)C(OS(=O)(=O)O)C1O. The molecule has 372 valence electrons. The van der Waals surface area contributed by atoms with Crippen LogP contribution in [0.3, 0.4) is 0 Å². The van der Waals surface area contributed by atoms with Crippen molar-refractivity contribution in [2.75, 3.05) is 26.4 Å². The van der Waals surface area contributed by atoms with E-state index in [1.54, 1.807) is 0 Å². The molecule has 1 aliphatic rings. The third kappa shape index (κ3) is 35.4. The van der Waals surface area contributed by atoms with E-state index < -0.39 is 59.8 Å². The second-order valence-corrected chi connectivity index (χ2v) is 18.8. The molecule has 0 amide bonds. The molecule has 0 aliphatic carbocycles. The molecule has 13 heteroatoms. The normalized spacial score (nSPS) is 20.0. The fourth-order valence-corrected chi connectivity index (χ4v) is 8.45. The van der Waals surface area contributed by atoms with Crippen molar-refractivity contribution in [2.45, 2.75) is 263 Å². The van der Waals surface area contributed by atoms with Gasteiger partial charge in [-0.25, -0.2) is 4.18 Å². The minimum absolute atomic E-state index is 0.0388. The molecular formula is C50H94O12S. The lowest BCUT2D eigenvalue weighted by Crippen LogP contribution is -2.60. The number of hydrogen-bond acceptors (Lipinski definition) is 11. The lowest BCUT2D eigenvalue weighted by atomic mass is 9.99. The highest BCUT2D eigenvalue weighted by Crippen LogP contribution is 2.26. The molecular weight excluding hydrogens is 825 g/mol. The van der Waals surface area contributed by atoms with Gasteiger partial charge in [0.05, 0.1) is 19.8 Å². The predicted octanol–water partition coefficient (Wildman–Crippen LogP) is 11.6. The predicted molar refractivity (Wildman–Crippen MR) is 253 cm³/mol. The van der Waals surface area contributed by atoms with Crippen LogP contribution >= 0.6 is 0 Å². The molecule has 0 saturated carbocycles. The average Bonchev–Trinajstić information content (AvgIpc) is 3.26. The number of aliphatic hydroxyl groups is 3. The van der Waals surface area contributed by atoms with Gasteiger partial charge < -0.3 is 34.3 Å². The molecule has 1 saturated heterocycles. The minimum Gasteiger partial charge on any atom is -0.457 e. The summed E-state index contributed by atoms with van der Waals surface area (Å²) >= 11 is 0. The van der Waals surface area contributed by atoms with Gasteiger partial charge in [0.1, 0.15) is 30.5 Å². The second-order valence-electron chi connectivity index (χ2n) is 17.8. The van der Waals surface area contributed by atoms with Crippen LogP contribution in [0.1, 0.15) is 226 Å². The van der Waals surface area contributed by atoms with Crippen LogP contribution in [0.15, 0.2) is 24.3 Å². The standard InChI is InChI=1S/C50H94O12S/c1-3-5-7-9-11-13-15-17-19-20-21-22-23-24-25-27-29-31-33-35-37-39-46(52)60-44(43-59-50-48(54)49(62-63(55,56)57)47(53)45(41-51)61-50)42-58-40-38-36-34-32-30-28-26-18-16-14-12-10-8-6-4-2/h15,17,20-21,44-45,47-51,53-54H,3-14,16,18-19,22-43H2,1-2H3,(H,55,56,57)/b17-15-,21-20-. The molecule has 1 rings (SSSR count). The van der Waals surface area contributed by atoms with Crippen LogP contribution in [0.4, 0.5) is 0 Å². The first kappa shape index (κ1) is 59.6. The fourth-order valence-electron chi connectivity index (χ4n) is 7.94. The number of ether oxygens (including phenoxy) is 4. The van der Waals surface area contributed by atoms with E-state index in [4.69, 9.17) is 18.9 Å². The van der Waals surface area contributed by atoms with Gasteiger partial charge >= 0.3 is 16.4 Å². The number of carbonyl (C=O) groups excluding carboxylic acids is 1. The van der Waals surface area contributed by atoms with Crippen LogP contribution in [-0.4, -0.2) is 97.5 Å². The van der Waals surface area contributed by atoms with Crippen molar-refractivity contribution < 1.29 is 56.2 Å². The summed E-state index contributed by atoms with van der Waals surface area (Å²) in [4.78, 5) is 12.9. The molecule has 4 N–H and O–H groups in total. The number of esters is 1. The Bertz CT molecular complexity index is 1200. The first-order chi connectivity index (χ1) is 30.6. The number of allylic oxidation sites excluding steroid dienone is 4. The lowest BCUT2D eigenvalue weighted by molar-refractivity contribution is -0.301. The molecule has 1 fully saturated rings. The summed E-state index contributed by atoms with van der Waals surface area (Å²) in [6.07, 6.45) is 39.2. The van der Waals surface area contributed by atoms with Crippen LogP contribution in [0.25, 0.3) is 0 Å². The molecule has 12 nitrogen and oxygen atoms in total. The maximum atomic E-state index is 12.9. The molecule has 1 aliphatic heterocycles. The summed E-state index contributed by atoms with van der Waals surface area (Å²) in [5, 5.41) is 30.7. The van der Waals surface area contributed by atoms with Crippen LogP contribution < -0.4 is 0 Å². The largest absolute Gasteiger partial charge is 0.457 e. The van der Waals surface area contributed by atoms with Crippen molar-refractivity contribution in [3.63, 3.8) is 0 Å². The number of hydrogen-bond donors (Lipinski definition) is 4. The van der Waals surface area contributed by atoms with Gasteiger partial charge in [0.2, 0.25) is 0 Å². The number of carbonyl (C=O) groups is 1. The lowest BCUT2D eigenvalue weighted by Gasteiger charge is -2.41. The van der Waals surface area contributed by atoms with Gasteiger partial charge in [-0.2, -0.15) is 8.42 Å². The Labute approximate surface area is 384 Å². The molecule has 63 heavy (non-hydrogen) atoms. The minimum atomic E-state index is -5.06. The van der Waals surface area contributed by atoms with E-state index in [0.717, 1.165) is 51.4 Å².